The minimum Gasteiger partial charge on any atom is -0.445 e. The van der Waals surface area contributed by atoms with Gasteiger partial charge in [-0.05, 0) is 99.6 Å². The van der Waals surface area contributed by atoms with Crippen LogP contribution in [0.2, 0.25) is 0 Å². The number of rotatable bonds is 36. The van der Waals surface area contributed by atoms with Gasteiger partial charge in [-0.15, -0.1) is 0 Å². The van der Waals surface area contributed by atoms with Crippen LogP contribution in [0.3, 0.4) is 0 Å². The number of unbranched alkanes of at least 4 members (excludes halogenated alkanes) is 8. The standard InChI is InChI=1S/C56H77N7O10/c64-51(49(62-55(68)72-43-47-29-13-7-14-30-47)33-17-23-39-60-53(66)70-41-45-25-9-5-10-26-45)58-37-21-3-1-19-35-57-36-20-2-4-22-38-59-52(65)50(63-56(69)73-44-48-31-15-8-16-32-48)34-18-24-40-61-54(67)71-42-46-27-11-6-12-28-46/h5-16,25-32,49-50,57H,1-4,17-24,33-44H2,(H,58,64)(H,59,65)(H,60,66)(H,61,67)(H,62,68)(H,63,69). The lowest BCUT2D eigenvalue weighted by molar-refractivity contribution is -0.124. The van der Waals surface area contributed by atoms with Gasteiger partial charge in [0.25, 0.3) is 0 Å². The number of carbonyl (C=O) groups is 6. The number of ether oxygens (including phenoxy) is 4. The molecule has 4 aromatic carbocycles. The summed E-state index contributed by atoms with van der Waals surface area (Å²) in [5, 5.41) is 20.4. The molecule has 0 radical (unpaired) electrons. The van der Waals surface area contributed by atoms with Crippen molar-refractivity contribution in [3.63, 3.8) is 0 Å². The summed E-state index contributed by atoms with van der Waals surface area (Å²) < 4.78 is 21.3. The molecular weight excluding hydrogens is 931 g/mol. The van der Waals surface area contributed by atoms with E-state index in [2.05, 4.69) is 37.2 Å². The Morgan fingerprint density at radius 3 is 0.918 bits per heavy atom. The van der Waals surface area contributed by atoms with Gasteiger partial charge in [0.05, 0.1) is 0 Å². The van der Waals surface area contributed by atoms with Crippen molar-refractivity contribution in [3.05, 3.63) is 144 Å². The third-order valence-corrected chi connectivity index (χ3v) is 11.6. The Labute approximate surface area is 431 Å². The van der Waals surface area contributed by atoms with Crippen LogP contribution in [0, 0.1) is 0 Å². The van der Waals surface area contributed by atoms with Gasteiger partial charge in [0, 0.05) is 26.2 Å². The Morgan fingerprint density at radius 1 is 0.315 bits per heavy atom. The number of hydrogen-bond donors (Lipinski definition) is 7. The molecule has 0 aliphatic heterocycles. The van der Waals surface area contributed by atoms with Gasteiger partial charge in [-0.1, -0.05) is 147 Å². The van der Waals surface area contributed by atoms with Crippen molar-refractivity contribution in [2.24, 2.45) is 0 Å². The van der Waals surface area contributed by atoms with Crippen LogP contribution in [0.25, 0.3) is 0 Å². The fourth-order valence-electron chi connectivity index (χ4n) is 7.48. The van der Waals surface area contributed by atoms with E-state index in [4.69, 9.17) is 18.9 Å². The molecule has 0 aromatic heterocycles. The summed E-state index contributed by atoms with van der Waals surface area (Å²) in [7, 11) is 0. The number of amides is 6. The maximum absolute atomic E-state index is 13.2. The van der Waals surface area contributed by atoms with E-state index >= 15 is 0 Å². The third kappa shape index (κ3) is 28.5. The second-order valence-corrected chi connectivity index (χ2v) is 17.6. The van der Waals surface area contributed by atoms with Crippen LogP contribution in [0.4, 0.5) is 19.2 Å². The first-order valence-electron chi connectivity index (χ1n) is 25.8. The van der Waals surface area contributed by atoms with Crippen molar-refractivity contribution in [1.82, 2.24) is 37.2 Å². The summed E-state index contributed by atoms with van der Waals surface area (Å²) in [4.78, 5) is 76.0. The molecule has 0 aliphatic rings. The molecule has 0 bridgehead atoms. The smallest absolute Gasteiger partial charge is 0.408 e. The minimum atomic E-state index is -0.782. The summed E-state index contributed by atoms with van der Waals surface area (Å²) in [6.45, 7) is 4.05. The first-order valence-corrected chi connectivity index (χ1v) is 25.8. The molecule has 4 aromatic rings. The molecule has 0 heterocycles. The Bertz CT molecular complexity index is 1990. The molecule has 7 N–H and O–H groups in total. The van der Waals surface area contributed by atoms with Crippen molar-refractivity contribution in [2.45, 2.75) is 128 Å². The molecule has 2 atom stereocenters. The molecule has 17 heteroatoms. The van der Waals surface area contributed by atoms with E-state index in [9.17, 15) is 28.8 Å². The number of nitrogens with one attached hydrogen (secondary N) is 7. The van der Waals surface area contributed by atoms with E-state index in [-0.39, 0.29) is 38.2 Å². The molecule has 0 saturated heterocycles. The zero-order chi connectivity index (χ0) is 51.8. The lowest BCUT2D eigenvalue weighted by Gasteiger charge is -2.18. The van der Waals surface area contributed by atoms with Gasteiger partial charge < -0.3 is 56.2 Å². The van der Waals surface area contributed by atoms with Crippen molar-refractivity contribution in [1.29, 1.82) is 0 Å². The number of carbonyl (C=O) groups excluding carboxylic acids is 6. The SMILES string of the molecule is O=C(NCCCCC(NC(=O)OCc1ccccc1)C(=O)NCCCCCCNCCCCCCNC(=O)C(CCCCNC(=O)OCc1ccccc1)NC(=O)OCc1ccccc1)OCc1ccccc1. The largest absolute Gasteiger partial charge is 0.445 e. The maximum atomic E-state index is 13.2. The van der Waals surface area contributed by atoms with Crippen LogP contribution in [0.5, 0.6) is 0 Å². The average Bonchev–Trinajstić information content (AvgIpc) is 3.41. The monoisotopic (exact) mass is 1010 g/mol. The third-order valence-electron chi connectivity index (χ3n) is 11.6. The van der Waals surface area contributed by atoms with E-state index in [0.29, 0.717) is 64.7 Å². The maximum Gasteiger partial charge on any atom is 0.408 e. The molecule has 0 aliphatic carbocycles. The van der Waals surface area contributed by atoms with Crippen molar-refractivity contribution in [3.8, 4) is 0 Å². The van der Waals surface area contributed by atoms with Gasteiger partial charge in [-0.25, -0.2) is 19.2 Å². The topological polar surface area (TPSA) is 224 Å². The van der Waals surface area contributed by atoms with Crippen LogP contribution >= 0.6 is 0 Å². The van der Waals surface area contributed by atoms with E-state index in [1.54, 1.807) is 0 Å². The van der Waals surface area contributed by atoms with Gasteiger partial charge in [0.2, 0.25) is 11.8 Å². The molecule has 73 heavy (non-hydrogen) atoms. The van der Waals surface area contributed by atoms with Crippen LogP contribution in [-0.2, 0) is 55.0 Å². The molecule has 0 saturated carbocycles. The fourth-order valence-corrected chi connectivity index (χ4v) is 7.48. The molecule has 17 nitrogen and oxygen atoms in total. The molecule has 6 amide bonds. The highest BCUT2D eigenvalue weighted by atomic mass is 16.6. The molecule has 396 valence electrons. The van der Waals surface area contributed by atoms with Gasteiger partial charge in [0.1, 0.15) is 38.5 Å². The molecule has 0 fully saturated rings. The molecular formula is C56H77N7O10. The lowest BCUT2D eigenvalue weighted by Crippen LogP contribution is -2.47. The van der Waals surface area contributed by atoms with Crippen LogP contribution in [0.15, 0.2) is 121 Å². The second kappa shape index (κ2) is 37.6. The summed E-state index contributed by atoms with van der Waals surface area (Å²) in [5.74, 6) is -0.544. The van der Waals surface area contributed by atoms with E-state index in [1.807, 2.05) is 121 Å². The second-order valence-electron chi connectivity index (χ2n) is 17.6. The summed E-state index contributed by atoms with van der Waals surface area (Å²) in [6.07, 6.45) is 8.30. The van der Waals surface area contributed by atoms with Crippen molar-refractivity contribution >= 4 is 36.2 Å². The highest BCUT2D eigenvalue weighted by Crippen LogP contribution is 2.09. The molecule has 0 spiro atoms. The van der Waals surface area contributed by atoms with Crippen LogP contribution in [0.1, 0.15) is 112 Å². The van der Waals surface area contributed by atoms with Gasteiger partial charge in [-0.2, -0.15) is 0 Å². The number of alkyl carbamates (subject to hydrolysis) is 4. The van der Waals surface area contributed by atoms with Gasteiger partial charge in [0.15, 0.2) is 0 Å². The summed E-state index contributed by atoms with van der Waals surface area (Å²) in [5.41, 5.74) is 3.47. The van der Waals surface area contributed by atoms with E-state index < -0.39 is 36.5 Å². The van der Waals surface area contributed by atoms with Crippen LogP contribution < -0.4 is 37.2 Å². The van der Waals surface area contributed by atoms with Crippen molar-refractivity contribution in [2.75, 3.05) is 39.3 Å². The fraction of sp³-hybridized carbons (Fsp3) is 0.464. The lowest BCUT2D eigenvalue weighted by atomic mass is 10.1. The Morgan fingerprint density at radius 2 is 0.589 bits per heavy atom. The Kier molecular flexibility index (Phi) is 30.1. The Hall–Kier alpha value is -7.14. The van der Waals surface area contributed by atoms with Crippen LogP contribution in [-0.4, -0.2) is 87.5 Å². The minimum absolute atomic E-state index is 0.0889. The first-order chi connectivity index (χ1) is 35.7. The zero-order valence-corrected chi connectivity index (χ0v) is 42.3. The van der Waals surface area contributed by atoms with E-state index in [0.717, 1.165) is 86.7 Å². The number of hydrogen-bond acceptors (Lipinski definition) is 11. The van der Waals surface area contributed by atoms with E-state index in [1.165, 1.54) is 0 Å². The zero-order valence-electron chi connectivity index (χ0n) is 42.3. The highest BCUT2D eigenvalue weighted by Gasteiger charge is 2.22. The van der Waals surface area contributed by atoms with Crippen molar-refractivity contribution < 1.29 is 47.7 Å². The predicted molar refractivity (Wildman–Crippen MR) is 280 cm³/mol. The first kappa shape index (κ1) is 58.4. The molecule has 2 unspecified atom stereocenters. The summed E-state index contributed by atoms with van der Waals surface area (Å²) >= 11 is 0. The molecule has 4 rings (SSSR count). The summed E-state index contributed by atoms with van der Waals surface area (Å²) in [6, 6.07) is 35.9. The quantitative estimate of drug-likeness (QED) is 0.0169. The Balaban J connectivity index is 1.02. The normalized spacial score (nSPS) is 11.5. The highest BCUT2D eigenvalue weighted by molar-refractivity contribution is 5.86. The predicted octanol–water partition coefficient (Wildman–Crippen LogP) is 8.71. The number of benzene rings is 4. The average molecular weight is 1010 g/mol. The van der Waals surface area contributed by atoms with Gasteiger partial charge >= 0.3 is 24.4 Å². The van der Waals surface area contributed by atoms with Gasteiger partial charge in [-0.3, -0.25) is 9.59 Å².